The molecule has 0 unspecified atom stereocenters. The molecule has 3 aromatic carbocycles. The van der Waals surface area contributed by atoms with E-state index in [9.17, 15) is 24.3 Å². The van der Waals surface area contributed by atoms with Crippen molar-refractivity contribution >= 4 is 23.9 Å². The number of aliphatic hydroxyl groups is 1. The lowest BCUT2D eigenvalue weighted by molar-refractivity contribution is -0.155. The molecule has 1 aliphatic rings. The van der Waals surface area contributed by atoms with Crippen molar-refractivity contribution in [3.8, 4) is 0 Å². The van der Waals surface area contributed by atoms with Crippen LogP contribution in [0.25, 0.3) is 0 Å². The predicted octanol–water partition coefficient (Wildman–Crippen LogP) is 3.77. The summed E-state index contributed by atoms with van der Waals surface area (Å²) in [5.74, 6) is -2.31. The van der Waals surface area contributed by atoms with Crippen molar-refractivity contribution in [1.82, 2.24) is 16.0 Å². The van der Waals surface area contributed by atoms with Gasteiger partial charge in [-0.25, -0.2) is 9.59 Å². The predicted molar refractivity (Wildman–Crippen MR) is 178 cm³/mol. The molecule has 5 atom stereocenters. The van der Waals surface area contributed by atoms with Crippen molar-refractivity contribution in [2.45, 2.75) is 56.5 Å². The third kappa shape index (κ3) is 11.4. The summed E-state index contributed by atoms with van der Waals surface area (Å²) in [5, 5.41) is 18.3. The lowest BCUT2D eigenvalue weighted by Gasteiger charge is -2.31. The number of nitrogens with one attached hydrogen (secondary N) is 3. The van der Waals surface area contributed by atoms with E-state index in [4.69, 9.17) is 14.2 Å². The summed E-state index contributed by atoms with van der Waals surface area (Å²) < 4.78 is 16.8. The van der Waals surface area contributed by atoms with E-state index in [2.05, 4.69) is 16.0 Å². The Labute approximate surface area is 280 Å². The number of ether oxygens (including phenoxy) is 3. The third-order valence-corrected chi connectivity index (χ3v) is 7.87. The second kappa shape index (κ2) is 19.0. The van der Waals surface area contributed by atoms with Crippen LogP contribution in [0.1, 0.15) is 42.1 Å². The van der Waals surface area contributed by atoms with Gasteiger partial charge in [-0.2, -0.15) is 0 Å². The molecule has 3 amide bonds. The molecule has 3 aromatic rings. The number of amides is 3. The molecular weight excluding hydrogens is 614 g/mol. The van der Waals surface area contributed by atoms with E-state index >= 15 is 0 Å². The second-order valence-corrected chi connectivity index (χ2v) is 11.6. The first-order chi connectivity index (χ1) is 23.4. The van der Waals surface area contributed by atoms with E-state index in [1.54, 1.807) is 36.4 Å². The van der Waals surface area contributed by atoms with Crippen molar-refractivity contribution in [3.63, 3.8) is 0 Å². The molecule has 0 fully saturated rings. The molecular formula is C37H43N3O8. The van der Waals surface area contributed by atoms with Gasteiger partial charge in [-0.3, -0.25) is 9.59 Å². The van der Waals surface area contributed by atoms with Gasteiger partial charge in [0.05, 0.1) is 31.2 Å². The highest BCUT2D eigenvalue weighted by molar-refractivity contribution is 5.86. The average molecular weight is 658 g/mol. The maximum Gasteiger partial charge on any atom is 0.408 e. The number of esters is 1. The fraction of sp³-hybridized carbons (Fsp3) is 0.351. The first-order valence-electron chi connectivity index (χ1n) is 16.0. The second-order valence-electron chi connectivity index (χ2n) is 11.6. The maximum absolute atomic E-state index is 13.7. The fourth-order valence-corrected chi connectivity index (χ4v) is 5.38. The van der Waals surface area contributed by atoms with Crippen molar-refractivity contribution in [1.29, 1.82) is 0 Å². The number of hydrogen-bond donors (Lipinski definition) is 4. The average Bonchev–Trinajstić information content (AvgIpc) is 3.10. The normalized spacial score (nSPS) is 20.6. The van der Waals surface area contributed by atoms with Gasteiger partial charge in [0.15, 0.2) is 0 Å². The molecule has 11 nitrogen and oxygen atoms in total. The Balaban J connectivity index is 1.53. The monoisotopic (exact) mass is 657 g/mol. The summed E-state index contributed by atoms with van der Waals surface area (Å²) in [6.45, 7) is -0.251. The molecule has 48 heavy (non-hydrogen) atoms. The molecule has 0 saturated carbocycles. The van der Waals surface area contributed by atoms with Gasteiger partial charge in [0.1, 0.15) is 18.8 Å². The van der Waals surface area contributed by atoms with E-state index in [-0.39, 0.29) is 45.0 Å². The lowest BCUT2D eigenvalue weighted by atomic mass is 9.96. The van der Waals surface area contributed by atoms with Crippen LogP contribution in [0.3, 0.4) is 0 Å². The number of aliphatic hydroxyl groups excluding tert-OH is 1. The molecule has 4 rings (SSSR count). The van der Waals surface area contributed by atoms with Gasteiger partial charge in [0.25, 0.3) is 0 Å². The SMILES string of the molecule is COC[C@@H]1NC(=O)[C@@H](CC(=O)N[C@@H](CO)Cc2ccccc2)CC=CC[C@@H](NC(=O)OCc2ccccc2)C(=O)O[C@H]1c1ccccc1. The summed E-state index contributed by atoms with van der Waals surface area (Å²) in [4.78, 5) is 53.2. The molecule has 4 N–H and O–H groups in total. The Hall–Kier alpha value is -5.00. The molecule has 0 spiro atoms. The zero-order valence-corrected chi connectivity index (χ0v) is 27.0. The lowest BCUT2D eigenvalue weighted by Crippen LogP contribution is -2.49. The van der Waals surface area contributed by atoms with Crippen LogP contribution < -0.4 is 16.0 Å². The summed E-state index contributed by atoms with van der Waals surface area (Å²) in [6.07, 6.45) is 2.12. The number of carbonyl (C=O) groups is 4. The molecule has 0 bridgehead atoms. The first-order valence-corrected chi connectivity index (χ1v) is 16.0. The Morgan fingerprint density at radius 3 is 2.19 bits per heavy atom. The van der Waals surface area contributed by atoms with Gasteiger partial charge in [-0.15, -0.1) is 0 Å². The van der Waals surface area contributed by atoms with Crippen LogP contribution in [-0.4, -0.2) is 67.4 Å². The van der Waals surface area contributed by atoms with E-state index in [0.717, 1.165) is 11.1 Å². The molecule has 0 aromatic heterocycles. The number of benzene rings is 3. The number of alkyl carbamates (subject to hydrolysis) is 1. The first kappa shape index (κ1) is 35.8. The molecule has 1 aliphatic heterocycles. The van der Waals surface area contributed by atoms with Crippen molar-refractivity contribution < 1.29 is 38.5 Å². The summed E-state index contributed by atoms with van der Waals surface area (Å²) >= 11 is 0. The van der Waals surface area contributed by atoms with Gasteiger partial charge < -0.3 is 35.3 Å². The summed E-state index contributed by atoms with van der Waals surface area (Å²) in [6, 6.07) is 25.1. The highest BCUT2D eigenvalue weighted by Gasteiger charge is 2.34. The van der Waals surface area contributed by atoms with Gasteiger partial charge in [-0.1, -0.05) is 103 Å². The quantitative estimate of drug-likeness (QED) is 0.170. The van der Waals surface area contributed by atoms with Gasteiger partial charge in [0.2, 0.25) is 11.8 Å². The Bertz CT molecular complexity index is 1490. The standard InChI is InChI=1S/C37H43N3O8/c1-46-25-32-34(28-17-9-4-10-18-28)48-36(44)31(40-37(45)47-24-27-15-7-3-8-16-27)20-12-11-19-29(35(43)39-32)22-33(42)38-30(23-41)21-26-13-5-2-6-14-26/h2-18,29-32,34,41H,19-25H2,1H3,(H,38,42)(H,39,43)(H,40,45)/t29-,30-,31-,32+,34+/m1/s1. The molecule has 1 heterocycles. The topological polar surface area (TPSA) is 152 Å². The number of carbonyl (C=O) groups excluding carboxylic acids is 4. The highest BCUT2D eigenvalue weighted by Crippen LogP contribution is 2.25. The minimum absolute atomic E-state index is 0.00574. The minimum atomic E-state index is -1.10. The van der Waals surface area contributed by atoms with Crippen molar-refractivity contribution in [3.05, 3.63) is 120 Å². The molecule has 0 aliphatic carbocycles. The van der Waals surface area contributed by atoms with Gasteiger partial charge in [-0.05, 0) is 36.0 Å². The minimum Gasteiger partial charge on any atom is -0.454 e. The van der Waals surface area contributed by atoms with Crippen LogP contribution in [0, 0.1) is 5.92 Å². The van der Waals surface area contributed by atoms with Crippen LogP contribution in [0.2, 0.25) is 0 Å². The van der Waals surface area contributed by atoms with Gasteiger partial charge >= 0.3 is 12.1 Å². The number of rotatable bonds is 12. The van der Waals surface area contributed by atoms with E-state index in [0.29, 0.717) is 12.0 Å². The zero-order chi connectivity index (χ0) is 34.1. The zero-order valence-electron chi connectivity index (χ0n) is 27.0. The van der Waals surface area contributed by atoms with E-state index < -0.39 is 48.1 Å². The molecule has 11 heteroatoms. The van der Waals surface area contributed by atoms with Crippen LogP contribution in [0.5, 0.6) is 0 Å². The number of methoxy groups -OCH3 is 1. The maximum atomic E-state index is 13.7. The molecule has 0 saturated heterocycles. The summed E-state index contributed by atoms with van der Waals surface area (Å²) in [5.41, 5.74) is 2.35. The van der Waals surface area contributed by atoms with Crippen LogP contribution in [-0.2, 0) is 41.6 Å². The number of cyclic esters (lactones) is 1. The van der Waals surface area contributed by atoms with E-state index in [1.807, 2.05) is 66.7 Å². The van der Waals surface area contributed by atoms with Gasteiger partial charge in [0, 0.05) is 13.5 Å². The molecule has 0 radical (unpaired) electrons. The van der Waals surface area contributed by atoms with Crippen LogP contribution in [0.4, 0.5) is 4.79 Å². The van der Waals surface area contributed by atoms with E-state index in [1.165, 1.54) is 7.11 Å². The van der Waals surface area contributed by atoms with Crippen LogP contribution >= 0.6 is 0 Å². The summed E-state index contributed by atoms with van der Waals surface area (Å²) in [7, 11) is 1.47. The highest BCUT2D eigenvalue weighted by atomic mass is 16.6. The van der Waals surface area contributed by atoms with Crippen molar-refractivity contribution in [2.75, 3.05) is 20.3 Å². The Morgan fingerprint density at radius 1 is 0.917 bits per heavy atom. The van der Waals surface area contributed by atoms with Crippen LogP contribution in [0.15, 0.2) is 103 Å². The fourth-order valence-electron chi connectivity index (χ4n) is 5.38. The largest absolute Gasteiger partial charge is 0.454 e. The number of hydrogen-bond acceptors (Lipinski definition) is 8. The smallest absolute Gasteiger partial charge is 0.408 e. The Morgan fingerprint density at radius 2 is 1.54 bits per heavy atom. The molecule has 254 valence electrons. The van der Waals surface area contributed by atoms with Crippen molar-refractivity contribution in [2.24, 2.45) is 5.92 Å². The third-order valence-electron chi connectivity index (χ3n) is 7.87. The Kier molecular flexibility index (Phi) is 14.2. The number of allylic oxidation sites excluding steroid dienone is 1.